The first-order valence-electron chi connectivity index (χ1n) is 7.99. The normalized spacial score (nSPS) is 10.3. The zero-order valence-electron chi connectivity index (χ0n) is 13.0. The molecule has 0 atom stereocenters. The summed E-state index contributed by atoms with van der Waals surface area (Å²) in [6.45, 7) is 4.58. The maximum atomic E-state index is 2.29. The molecule has 0 aliphatic rings. The summed E-state index contributed by atoms with van der Waals surface area (Å²) in [4.78, 5) is 0. The van der Waals surface area contributed by atoms with E-state index in [0.29, 0.717) is 0 Å². The summed E-state index contributed by atoms with van der Waals surface area (Å²) < 4.78 is 0. The van der Waals surface area contributed by atoms with Crippen LogP contribution < -0.4 is 0 Å². The minimum atomic E-state index is 0. The van der Waals surface area contributed by atoms with Gasteiger partial charge in [-0.3, -0.25) is 0 Å². The third-order valence-corrected chi connectivity index (χ3v) is 4.44. The summed E-state index contributed by atoms with van der Waals surface area (Å²) in [7, 11) is 0. The molecule has 0 bridgehead atoms. The Kier molecular flexibility index (Phi) is 24.4. The number of unbranched alkanes of at least 4 members (excludes halogenated alkanes) is 10. The van der Waals surface area contributed by atoms with Crippen LogP contribution in [0.5, 0.6) is 0 Å². The van der Waals surface area contributed by atoms with Gasteiger partial charge in [-0.15, -0.1) is 0 Å². The van der Waals surface area contributed by atoms with Crippen LogP contribution in [0.2, 0.25) is 0 Å². The van der Waals surface area contributed by atoms with Gasteiger partial charge in [0.15, 0.2) is 0 Å². The maximum absolute atomic E-state index is 2.29. The average molecular weight is 383 g/mol. The van der Waals surface area contributed by atoms with Gasteiger partial charge >= 0.3 is 24.4 Å². The van der Waals surface area contributed by atoms with E-state index in [0.717, 1.165) is 0 Å². The van der Waals surface area contributed by atoms with Crippen LogP contribution in [0.15, 0.2) is 0 Å². The fourth-order valence-electron chi connectivity index (χ4n) is 2.07. The van der Waals surface area contributed by atoms with E-state index in [9.17, 15) is 0 Å². The Morgan fingerprint density at radius 2 is 0.833 bits per heavy atom. The van der Waals surface area contributed by atoms with Crippen LogP contribution in [0.1, 0.15) is 90.9 Å². The molecule has 112 valence electrons. The Bertz CT molecular complexity index is 114. The van der Waals surface area contributed by atoms with E-state index in [1.165, 1.54) is 88.6 Å². The van der Waals surface area contributed by atoms with Crippen LogP contribution in [0.25, 0.3) is 0 Å². The number of hydrogen-bond acceptors (Lipinski definition) is 1. The Morgan fingerprint density at radius 3 is 1.22 bits per heavy atom. The summed E-state index contributed by atoms with van der Waals surface area (Å²) in [5, 5.41) is 0. The fourth-order valence-corrected chi connectivity index (χ4v) is 3.09. The SMILES string of the molecule is CCCCCCCCSCCCCCCCC.[SbH3]. The van der Waals surface area contributed by atoms with Gasteiger partial charge in [0.1, 0.15) is 0 Å². The molecule has 0 heterocycles. The molecule has 0 radical (unpaired) electrons. The van der Waals surface area contributed by atoms with Crippen LogP contribution >= 0.6 is 11.8 Å². The fraction of sp³-hybridized carbons (Fsp3) is 1.00. The molecule has 0 fully saturated rings. The third-order valence-electron chi connectivity index (χ3n) is 3.28. The van der Waals surface area contributed by atoms with Crippen LogP contribution in [0.4, 0.5) is 0 Å². The Balaban J connectivity index is 0. The molecular weight excluding hydrogens is 346 g/mol. The molecule has 0 N–H and O–H groups in total. The molecule has 0 saturated carbocycles. The molecule has 0 unspecified atom stereocenters. The van der Waals surface area contributed by atoms with Gasteiger partial charge in [0.2, 0.25) is 0 Å². The topological polar surface area (TPSA) is 0 Å². The van der Waals surface area contributed by atoms with Crippen molar-refractivity contribution in [2.24, 2.45) is 0 Å². The molecule has 0 spiro atoms. The van der Waals surface area contributed by atoms with Crippen molar-refractivity contribution in [2.75, 3.05) is 11.5 Å². The van der Waals surface area contributed by atoms with Gasteiger partial charge in [-0.2, -0.15) is 11.8 Å². The van der Waals surface area contributed by atoms with Crippen molar-refractivity contribution in [2.45, 2.75) is 90.9 Å². The van der Waals surface area contributed by atoms with Crippen molar-refractivity contribution >= 4 is 36.2 Å². The van der Waals surface area contributed by atoms with E-state index >= 15 is 0 Å². The quantitative estimate of drug-likeness (QED) is 0.291. The predicted octanol–water partition coefficient (Wildman–Crippen LogP) is 5.26. The van der Waals surface area contributed by atoms with Gasteiger partial charge in [0.25, 0.3) is 0 Å². The minimum absolute atomic E-state index is 0. The van der Waals surface area contributed by atoms with E-state index < -0.39 is 0 Å². The molecule has 0 rings (SSSR count). The van der Waals surface area contributed by atoms with Crippen LogP contribution in [0.3, 0.4) is 0 Å². The molecule has 0 aromatic carbocycles. The number of hydrogen-bond donors (Lipinski definition) is 0. The Morgan fingerprint density at radius 1 is 0.500 bits per heavy atom. The third kappa shape index (κ3) is 19.5. The first-order chi connectivity index (χ1) is 8.41. The molecule has 0 aromatic heterocycles. The van der Waals surface area contributed by atoms with Crippen LogP contribution in [0, 0.1) is 0 Å². The molecule has 0 aromatic rings. The summed E-state index contributed by atoms with van der Waals surface area (Å²) >= 11 is 2.18. The van der Waals surface area contributed by atoms with Gasteiger partial charge in [-0.1, -0.05) is 78.1 Å². The Labute approximate surface area is 138 Å². The van der Waals surface area contributed by atoms with Crippen molar-refractivity contribution in [3.8, 4) is 0 Å². The van der Waals surface area contributed by atoms with Crippen molar-refractivity contribution in [1.82, 2.24) is 0 Å². The summed E-state index contributed by atoms with van der Waals surface area (Å²) in [5.74, 6) is 2.81. The second kappa shape index (κ2) is 20.5. The Hall–Kier alpha value is 1.17. The van der Waals surface area contributed by atoms with Crippen molar-refractivity contribution < 1.29 is 0 Å². The number of rotatable bonds is 14. The predicted molar refractivity (Wildman–Crippen MR) is 94.0 cm³/mol. The second-order valence-electron chi connectivity index (χ2n) is 5.15. The van der Waals surface area contributed by atoms with E-state index in [1.807, 2.05) is 0 Å². The molecule has 0 amide bonds. The van der Waals surface area contributed by atoms with Crippen LogP contribution in [-0.2, 0) is 0 Å². The van der Waals surface area contributed by atoms with Crippen LogP contribution in [-0.4, -0.2) is 35.9 Å². The van der Waals surface area contributed by atoms with Gasteiger partial charge in [0.05, 0.1) is 0 Å². The van der Waals surface area contributed by atoms with E-state index in [2.05, 4.69) is 25.6 Å². The van der Waals surface area contributed by atoms with Gasteiger partial charge < -0.3 is 0 Å². The van der Waals surface area contributed by atoms with Crippen molar-refractivity contribution in [1.29, 1.82) is 0 Å². The molecule has 18 heavy (non-hydrogen) atoms. The van der Waals surface area contributed by atoms with Crippen molar-refractivity contribution in [3.05, 3.63) is 0 Å². The van der Waals surface area contributed by atoms with Gasteiger partial charge in [-0.25, -0.2) is 0 Å². The first-order valence-corrected chi connectivity index (χ1v) is 9.15. The molecule has 0 aliphatic carbocycles. The van der Waals surface area contributed by atoms with E-state index in [4.69, 9.17) is 0 Å². The monoisotopic (exact) mass is 382 g/mol. The summed E-state index contributed by atoms with van der Waals surface area (Å²) in [5.41, 5.74) is 0. The molecule has 0 saturated heterocycles. The van der Waals surface area contributed by atoms with E-state index in [1.54, 1.807) is 0 Å². The van der Waals surface area contributed by atoms with Gasteiger partial charge in [0, 0.05) is 0 Å². The molecule has 0 aliphatic heterocycles. The summed E-state index contributed by atoms with van der Waals surface area (Å²) in [6, 6.07) is 0. The average Bonchev–Trinajstić information content (AvgIpc) is 2.35. The standard InChI is InChI=1S/C16H34S.Sb.3H/c1-3-5-7-9-11-13-15-17-16-14-12-10-8-6-4-2;;;;/h3-16H2,1-2H3;;;;. The summed E-state index contributed by atoms with van der Waals surface area (Å²) in [6.07, 6.45) is 17.3. The zero-order valence-corrected chi connectivity index (χ0v) is 17.9. The second-order valence-corrected chi connectivity index (χ2v) is 6.37. The van der Waals surface area contributed by atoms with Gasteiger partial charge in [-0.05, 0) is 24.3 Å². The van der Waals surface area contributed by atoms with Crippen molar-refractivity contribution in [3.63, 3.8) is 0 Å². The zero-order chi connectivity index (χ0) is 12.6. The number of thioether (sulfide) groups is 1. The first kappa shape index (κ1) is 21.5. The molecule has 0 nitrogen and oxygen atoms in total. The molecule has 2 heteroatoms. The van der Waals surface area contributed by atoms with E-state index in [-0.39, 0.29) is 24.4 Å². The molecular formula is C16H37SSb.